The summed E-state index contributed by atoms with van der Waals surface area (Å²) in [7, 11) is -3.46. The zero-order chi connectivity index (χ0) is 20.6. The van der Waals surface area contributed by atoms with Crippen molar-refractivity contribution in [2.45, 2.75) is 31.1 Å². The van der Waals surface area contributed by atoms with Gasteiger partial charge in [-0.25, -0.2) is 8.42 Å². The van der Waals surface area contributed by atoms with Crippen molar-refractivity contribution >= 4 is 37.5 Å². The maximum Gasteiger partial charge on any atom is 0.264 e. The van der Waals surface area contributed by atoms with Crippen LogP contribution in [0.3, 0.4) is 0 Å². The van der Waals surface area contributed by atoms with Gasteiger partial charge in [0.1, 0.15) is 5.75 Å². The molecule has 2 aliphatic rings. The average molecular weight is 479 g/mol. The number of sulfonamides is 1. The number of benzene rings is 2. The van der Waals surface area contributed by atoms with E-state index in [-0.39, 0.29) is 17.4 Å². The highest BCUT2D eigenvalue weighted by Crippen LogP contribution is 2.31. The van der Waals surface area contributed by atoms with E-state index in [0.29, 0.717) is 30.9 Å². The van der Waals surface area contributed by atoms with Crippen LogP contribution in [-0.2, 0) is 21.2 Å². The second kappa shape index (κ2) is 8.08. The number of hydrogen-bond acceptors (Lipinski definition) is 4. The Bertz CT molecular complexity index is 1050. The molecule has 1 amide bonds. The quantitative estimate of drug-likeness (QED) is 0.659. The molecule has 0 saturated carbocycles. The zero-order valence-corrected chi connectivity index (χ0v) is 18.6. The summed E-state index contributed by atoms with van der Waals surface area (Å²) in [6, 6.07) is 10.7. The number of ether oxygens (including phenoxy) is 1. The van der Waals surface area contributed by atoms with E-state index in [2.05, 4.69) is 15.9 Å². The first kappa shape index (κ1) is 20.4. The van der Waals surface area contributed by atoms with Crippen molar-refractivity contribution in [2.75, 3.05) is 31.1 Å². The van der Waals surface area contributed by atoms with E-state index >= 15 is 0 Å². The standard InChI is InChI=1S/C21H23BrN2O4S/c1-15-12-18(29(26,27)23-9-2-3-10-23)5-7-20(15)28-14-21(25)24-11-8-16-13-17(22)4-6-19(16)24/h4-7,12-13H,2-3,8-11,14H2,1H3. The van der Waals surface area contributed by atoms with Crippen molar-refractivity contribution in [1.82, 2.24) is 4.31 Å². The number of fused-ring (bicyclic) bond motifs is 1. The first-order valence-corrected chi connectivity index (χ1v) is 11.9. The highest BCUT2D eigenvalue weighted by molar-refractivity contribution is 9.10. The van der Waals surface area contributed by atoms with E-state index in [9.17, 15) is 13.2 Å². The van der Waals surface area contributed by atoms with Gasteiger partial charge < -0.3 is 9.64 Å². The van der Waals surface area contributed by atoms with E-state index in [1.807, 2.05) is 18.2 Å². The van der Waals surface area contributed by atoms with Gasteiger partial charge in [0, 0.05) is 29.8 Å². The van der Waals surface area contributed by atoms with Crippen molar-refractivity contribution in [1.29, 1.82) is 0 Å². The number of carbonyl (C=O) groups excluding carboxylic acids is 1. The lowest BCUT2D eigenvalue weighted by Crippen LogP contribution is -2.33. The fourth-order valence-electron chi connectivity index (χ4n) is 3.87. The molecule has 8 heteroatoms. The van der Waals surface area contributed by atoms with Crippen LogP contribution in [0.25, 0.3) is 0 Å². The molecule has 4 rings (SSSR count). The summed E-state index contributed by atoms with van der Waals surface area (Å²) in [5.74, 6) is 0.410. The Labute approximate surface area is 179 Å². The molecule has 0 radical (unpaired) electrons. The Morgan fingerprint density at radius 3 is 2.59 bits per heavy atom. The minimum Gasteiger partial charge on any atom is -0.483 e. The van der Waals surface area contributed by atoms with Gasteiger partial charge in [-0.3, -0.25) is 4.79 Å². The predicted octanol–water partition coefficient (Wildman–Crippen LogP) is 3.51. The number of carbonyl (C=O) groups is 1. The summed E-state index contributed by atoms with van der Waals surface area (Å²) in [5.41, 5.74) is 2.76. The molecule has 0 N–H and O–H groups in total. The Morgan fingerprint density at radius 2 is 1.86 bits per heavy atom. The third-order valence-corrected chi connectivity index (χ3v) is 7.83. The molecule has 29 heavy (non-hydrogen) atoms. The van der Waals surface area contributed by atoms with Gasteiger partial charge >= 0.3 is 0 Å². The normalized spacial score (nSPS) is 16.8. The van der Waals surface area contributed by atoms with E-state index in [1.54, 1.807) is 30.0 Å². The van der Waals surface area contributed by atoms with Gasteiger partial charge in [-0.05, 0) is 73.7 Å². The number of rotatable bonds is 5. The van der Waals surface area contributed by atoms with Crippen molar-refractivity contribution in [2.24, 2.45) is 0 Å². The van der Waals surface area contributed by atoms with Crippen LogP contribution in [0.2, 0.25) is 0 Å². The Hall–Kier alpha value is -1.90. The van der Waals surface area contributed by atoms with Crippen LogP contribution in [-0.4, -0.2) is 44.9 Å². The molecule has 0 aliphatic carbocycles. The lowest BCUT2D eigenvalue weighted by atomic mass is 10.2. The Kier molecular flexibility index (Phi) is 5.68. The van der Waals surface area contributed by atoms with Crippen LogP contribution in [0.4, 0.5) is 5.69 Å². The van der Waals surface area contributed by atoms with E-state index in [4.69, 9.17) is 4.74 Å². The summed E-state index contributed by atoms with van der Waals surface area (Å²) in [6.07, 6.45) is 2.62. The van der Waals surface area contributed by atoms with Crippen LogP contribution in [0, 0.1) is 6.92 Å². The van der Waals surface area contributed by atoms with E-state index < -0.39 is 10.0 Å². The van der Waals surface area contributed by atoms with Crippen LogP contribution >= 0.6 is 15.9 Å². The first-order valence-electron chi connectivity index (χ1n) is 9.69. The summed E-state index contributed by atoms with van der Waals surface area (Å²) in [6.45, 7) is 3.49. The number of nitrogens with zero attached hydrogens (tertiary/aromatic N) is 2. The molecule has 2 aromatic carbocycles. The highest BCUT2D eigenvalue weighted by atomic mass is 79.9. The third-order valence-electron chi connectivity index (χ3n) is 5.44. The Balaban J connectivity index is 1.44. The minimum atomic E-state index is -3.46. The molecule has 2 aromatic rings. The largest absolute Gasteiger partial charge is 0.483 e. The summed E-state index contributed by atoms with van der Waals surface area (Å²) in [4.78, 5) is 14.7. The second-order valence-electron chi connectivity index (χ2n) is 7.40. The molecular weight excluding hydrogens is 456 g/mol. The van der Waals surface area contributed by atoms with Crippen molar-refractivity contribution in [3.63, 3.8) is 0 Å². The van der Waals surface area contributed by atoms with Gasteiger partial charge in [-0.15, -0.1) is 0 Å². The van der Waals surface area contributed by atoms with Gasteiger partial charge in [-0.1, -0.05) is 15.9 Å². The van der Waals surface area contributed by atoms with Gasteiger partial charge in [0.15, 0.2) is 6.61 Å². The molecule has 154 valence electrons. The molecule has 1 fully saturated rings. The predicted molar refractivity (Wildman–Crippen MR) is 115 cm³/mol. The van der Waals surface area contributed by atoms with Crippen molar-refractivity contribution in [3.8, 4) is 5.75 Å². The minimum absolute atomic E-state index is 0.0887. The van der Waals surface area contributed by atoms with E-state index in [1.165, 1.54) is 4.31 Å². The molecule has 1 saturated heterocycles. The maximum absolute atomic E-state index is 12.7. The average Bonchev–Trinajstić information content (AvgIpc) is 3.36. The molecule has 0 aromatic heterocycles. The molecule has 0 bridgehead atoms. The molecule has 2 aliphatic heterocycles. The first-order chi connectivity index (χ1) is 13.9. The molecule has 6 nitrogen and oxygen atoms in total. The SMILES string of the molecule is Cc1cc(S(=O)(=O)N2CCCC2)ccc1OCC(=O)N1CCc2cc(Br)ccc21. The zero-order valence-electron chi connectivity index (χ0n) is 16.2. The number of anilines is 1. The fourth-order valence-corrected chi connectivity index (χ4v) is 5.88. The number of amides is 1. The summed E-state index contributed by atoms with van der Waals surface area (Å²) in [5, 5.41) is 0. The lowest BCUT2D eigenvalue weighted by Gasteiger charge is -2.19. The van der Waals surface area contributed by atoms with Crippen molar-refractivity contribution in [3.05, 3.63) is 52.0 Å². The second-order valence-corrected chi connectivity index (χ2v) is 10.2. The molecule has 0 unspecified atom stereocenters. The maximum atomic E-state index is 12.7. The topological polar surface area (TPSA) is 66.9 Å². The summed E-state index contributed by atoms with van der Waals surface area (Å²) >= 11 is 3.46. The Morgan fingerprint density at radius 1 is 1.10 bits per heavy atom. The molecular formula is C21H23BrN2O4S. The summed E-state index contributed by atoms with van der Waals surface area (Å²) < 4.78 is 33.7. The highest BCUT2D eigenvalue weighted by Gasteiger charge is 2.28. The van der Waals surface area contributed by atoms with E-state index in [0.717, 1.165) is 35.0 Å². The van der Waals surface area contributed by atoms with Gasteiger partial charge in [-0.2, -0.15) is 4.31 Å². The number of hydrogen-bond donors (Lipinski definition) is 0. The molecule has 0 atom stereocenters. The van der Waals surface area contributed by atoms with Crippen LogP contribution in [0.15, 0.2) is 45.8 Å². The number of aryl methyl sites for hydroxylation is 1. The van der Waals surface area contributed by atoms with Gasteiger partial charge in [0.05, 0.1) is 4.90 Å². The van der Waals surface area contributed by atoms with Crippen LogP contribution in [0.5, 0.6) is 5.75 Å². The van der Waals surface area contributed by atoms with Crippen LogP contribution in [0.1, 0.15) is 24.0 Å². The van der Waals surface area contributed by atoms with Crippen molar-refractivity contribution < 1.29 is 17.9 Å². The van der Waals surface area contributed by atoms with Crippen LogP contribution < -0.4 is 9.64 Å². The monoisotopic (exact) mass is 478 g/mol. The molecule has 0 spiro atoms. The molecule has 2 heterocycles. The third kappa shape index (κ3) is 4.06. The van der Waals surface area contributed by atoms with Gasteiger partial charge in [0.25, 0.3) is 5.91 Å². The number of halogens is 1. The lowest BCUT2D eigenvalue weighted by molar-refractivity contribution is -0.120. The smallest absolute Gasteiger partial charge is 0.264 e. The fraction of sp³-hybridized carbons (Fsp3) is 0.381. The van der Waals surface area contributed by atoms with Gasteiger partial charge in [0.2, 0.25) is 10.0 Å².